The van der Waals surface area contributed by atoms with Crippen LogP contribution in [0.15, 0.2) is 18.2 Å². The van der Waals surface area contributed by atoms with E-state index >= 15 is 0 Å². The number of fused-ring (bicyclic) bond motifs is 4. The molecule has 6 heteroatoms. The topological polar surface area (TPSA) is 51.2 Å². The van der Waals surface area contributed by atoms with E-state index in [0.717, 1.165) is 42.0 Å². The SMILES string of the molecule is Br.COc1c(O)ccc2c1-c1c3c(cc4c1C(C2)N(C)CC4)OCO3. The van der Waals surface area contributed by atoms with Crippen molar-refractivity contribution in [3.63, 3.8) is 0 Å². The summed E-state index contributed by atoms with van der Waals surface area (Å²) in [5, 5.41) is 10.3. The summed E-state index contributed by atoms with van der Waals surface area (Å²) < 4.78 is 17.0. The van der Waals surface area contributed by atoms with E-state index in [1.807, 2.05) is 6.07 Å². The van der Waals surface area contributed by atoms with Crippen molar-refractivity contribution in [3.8, 4) is 34.1 Å². The first kappa shape index (κ1) is 16.5. The van der Waals surface area contributed by atoms with Crippen LogP contribution in [0.25, 0.3) is 11.1 Å². The Bertz CT molecular complexity index is 867. The van der Waals surface area contributed by atoms with E-state index in [0.29, 0.717) is 11.8 Å². The maximum Gasteiger partial charge on any atom is 0.231 e. The van der Waals surface area contributed by atoms with Gasteiger partial charge >= 0.3 is 0 Å². The zero-order valence-electron chi connectivity index (χ0n) is 14.2. The zero-order valence-corrected chi connectivity index (χ0v) is 15.9. The molecule has 25 heavy (non-hydrogen) atoms. The summed E-state index contributed by atoms with van der Waals surface area (Å²) >= 11 is 0. The zero-order chi connectivity index (χ0) is 16.4. The molecule has 0 radical (unpaired) electrons. The summed E-state index contributed by atoms with van der Waals surface area (Å²) in [5.74, 6) is 2.25. The van der Waals surface area contributed by atoms with Crippen molar-refractivity contribution >= 4 is 17.0 Å². The van der Waals surface area contributed by atoms with Gasteiger partial charge in [-0.2, -0.15) is 0 Å². The molecule has 2 aromatic carbocycles. The summed E-state index contributed by atoms with van der Waals surface area (Å²) in [6, 6.07) is 6.15. The van der Waals surface area contributed by atoms with Gasteiger partial charge in [0.15, 0.2) is 23.0 Å². The van der Waals surface area contributed by atoms with Gasteiger partial charge < -0.3 is 19.3 Å². The molecule has 5 nitrogen and oxygen atoms in total. The van der Waals surface area contributed by atoms with Crippen LogP contribution in [0.1, 0.15) is 22.7 Å². The standard InChI is InChI=1S/C19H19NO4.BrH/c1-20-6-5-11-8-14-19(24-9-23-14)17-15(11)12(20)7-10-3-4-13(21)18(22-2)16(10)17;/h3-4,8,12,21H,5-7,9H2,1-2H3;1H. The fraction of sp³-hybridized carbons (Fsp3) is 0.368. The van der Waals surface area contributed by atoms with Gasteiger partial charge in [-0.25, -0.2) is 0 Å². The summed E-state index contributed by atoms with van der Waals surface area (Å²) in [4.78, 5) is 2.40. The Morgan fingerprint density at radius 3 is 2.84 bits per heavy atom. The molecule has 1 N–H and O–H groups in total. The van der Waals surface area contributed by atoms with Gasteiger partial charge in [-0.05, 0) is 48.7 Å². The summed E-state index contributed by atoms with van der Waals surface area (Å²) in [7, 11) is 3.77. The largest absolute Gasteiger partial charge is 0.504 e. The Hall–Kier alpha value is -1.92. The minimum absolute atomic E-state index is 0. The quantitative estimate of drug-likeness (QED) is 0.786. The van der Waals surface area contributed by atoms with Crippen molar-refractivity contribution in [1.82, 2.24) is 4.90 Å². The number of ether oxygens (including phenoxy) is 3. The molecule has 1 unspecified atom stereocenters. The highest BCUT2D eigenvalue weighted by molar-refractivity contribution is 8.93. The highest BCUT2D eigenvalue weighted by Crippen LogP contribution is 2.57. The molecule has 0 saturated carbocycles. The van der Waals surface area contributed by atoms with Crippen LogP contribution in [-0.2, 0) is 12.8 Å². The van der Waals surface area contributed by atoms with Crippen LogP contribution in [0.4, 0.5) is 0 Å². The molecule has 3 aliphatic rings. The van der Waals surface area contributed by atoms with Crippen molar-refractivity contribution in [2.45, 2.75) is 18.9 Å². The fourth-order valence-corrected chi connectivity index (χ4v) is 4.35. The van der Waals surface area contributed by atoms with Gasteiger partial charge in [-0.15, -0.1) is 17.0 Å². The van der Waals surface area contributed by atoms with Crippen LogP contribution in [0.2, 0.25) is 0 Å². The molecule has 0 aromatic heterocycles. The third-order valence-corrected chi connectivity index (χ3v) is 5.48. The molecule has 2 heterocycles. The van der Waals surface area contributed by atoms with Crippen LogP contribution in [0.3, 0.4) is 0 Å². The van der Waals surface area contributed by atoms with Gasteiger partial charge in [0.2, 0.25) is 6.79 Å². The van der Waals surface area contributed by atoms with Crippen LogP contribution in [-0.4, -0.2) is 37.5 Å². The van der Waals surface area contributed by atoms with Gasteiger partial charge in [-0.1, -0.05) is 6.07 Å². The number of halogens is 1. The number of nitrogens with zero attached hydrogens (tertiary/aromatic N) is 1. The first-order chi connectivity index (χ1) is 11.7. The second-order valence-electron chi connectivity index (χ2n) is 6.66. The van der Waals surface area contributed by atoms with Crippen LogP contribution in [0.5, 0.6) is 23.0 Å². The lowest BCUT2D eigenvalue weighted by Crippen LogP contribution is -2.35. The second kappa shape index (κ2) is 5.81. The molecule has 2 aliphatic heterocycles. The number of benzene rings is 2. The van der Waals surface area contributed by atoms with E-state index in [2.05, 4.69) is 18.0 Å². The number of methoxy groups -OCH3 is 1. The average Bonchev–Trinajstić information content (AvgIpc) is 3.06. The minimum atomic E-state index is 0. The van der Waals surface area contributed by atoms with E-state index in [1.54, 1.807) is 13.2 Å². The van der Waals surface area contributed by atoms with Crippen molar-refractivity contribution in [2.75, 3.05) is 27.5 Å². The summed E-state index contributed by atoms with van der Waals surface area (Å²) in [6.45, 7) is 1.27. The number of aromatic hydroxyl groups is 1. The van der Waals surface area contributed by atoms with Crippen LogP contribution >= 0.6 is 17.0 Å². The first-order valence-corrected chi connectivity index (χ1v) is 8.24. The molecule has 132 valence electrons. The van der Waals surface area contributed by atoms with Gasteiger partial charge in [0, 0.05) is 23.7 Å². The average molecular weight is 406 g/mol. The van der Waals surface area contributed by atoms with E-state index < -0.39 is 0 Å². The highest BCUT2D eigenvalue weighted by Gasteiger charge is 2.39. The second-order valence-corrected chi connectivity index (χ2v) is 6.66. The predicted molar refractivity (Wildman–Crippen MR) is 99.3 cm³/mol. The lowest BCUT2D eigenvalue weighted by Gasteiger charge is -2.40. The number of rotatable bonds is 1. The summed E-state index contributed by atoms with van der Waals surface area (Å²) in [6.07, 6.45) is 1.89. The van der Waals surface area contributed by atoms with Crippen molar-refractivity contribution in [1.29, 1.82) is 0 Å². The van der Waals surface area contributed by atoms with Gasteiger partial charge in [-0.3, -0.25) is 4.90 Å². The van der Waals surface area contributed by atoms with E-state index in [-0.39, 0.29) is 29.5 Å². The molecule has 0 fully saturated rings. The Balaban J connectivity index is 0.00000157. The third kappa shape index (κ3) is 2.17. The molecule has 1 aliphatic carbocycles. The lowest BCUT2D eigenvalue weighted by atomic mass is 9.76. The molecule has 0 amide bonds. The molecule has 5 rings (SSSR count). The monoisotopic (exact) mass is 405 g/mol. The van der Waals surface area contributed by atoms with Gasteiger partial charge in [0.05, 0.1) is 7.11 Å². The first-order valence-electron chi connectivity index (χ1n) is 8.24. The van der Waals surface area contributed by atoms with Gasteiger partial charge in [0.1, 0.15) is 0 Å². The van der Waals surface area contributed by atoms with Gasteiger partial charge in [0.25, 0.3) is 0 Å². The number of hydrogen-bond acceptors (Lipinski definition) is 5. The molecule has 0 bridgehead atoms. The Morgan fingerprint density at radius 1 is 1.20 bits per heavy atom. The number of phenols is 1. The molecule has 0 saturated heterocycles. The highest BCUT2D eigenvalue weighted by atomic mass is 79.9. The van der Waals surface area contributed by atoms with E-state index in [4.69, 9.17) is 14.2 Å². The number of likely N-dealkylation sites (N-methyl/N-ethyl adjacent to an activating group) is 1. The van der Waals surface area contributed by atoms with Crippen LogP contribution in [0, 0.1) is 0 Å². The Labute approximate surface area is 156 Å². The fourth-order valence-electron chi connectivity index (χ4n) is 4.35. The molecule has 1 atom stereocenters. The van der Waals surface area contributed by atoms with Crippen molar-refractivity contribution < 1.29 is 19.3 Å². The molecule has 0 spiro atoms. The summed E-state index contributed by atoms with van der Waals surface area (Å²) in [5.41, 5.74) is 5.76. The van der Waals surface area contributed by atoms with Crippen molar-refractivity contribution in [3.05, 3.63) is 34.9 Å². The predicted octanol–water partition coefficient (Wildman–Crippen LogP) is 3.46. The lowest BCUT2D eigenvalue weighted by molar-refractivity contribution is 0.174. The molecular formula is C19H20BrNO4. The molecule has 2 aromatic rings. The van der Waals surface area contributed by atoms with Crippen molar-refractivity contribution in [2.24, 2.45) is 0 Å². The third-order valence-electron chi connectivity index (χ3n) is 5.48. The number of phenolic OH excluding ortho intramolecular Hbond substituents is 1. The normalized spacial score (nSPS) is 19.7. The van der Waals surface area contributed by atoms with E-state index in [1.165, 1.54) is 16.7 Å². The van der Waals surface area contributed by atoms with Crippen LogP contribution < -0.4 is 14.2 Å². The maximum atomic E-state index is 10.3. The molecular weight excluding hydrogens is 386 g/mol. The number of hydrogen-bond donors (Lipinski definition) is 1. The van der Waals surface area contributed by atoms with E-state index in [9.17, 15) is 5.11 Å². The Kier molecular flexibility index (Phi) is 3.85. The smallest absolute Gasteiger partial charge is 0.231 e. The Morgan fingerprint density at radius 2 is 2.04 bits per heavy atom. The minimum Gasteiger partial charge on any atom is -0.504 e. The maximum absolute atomic E-state index is 10.3.